The Hall–Kier alpha value is -0.980. The molecule has 2 fully saturated rings. The van der Waals surface area contributed by atoms with Crippen LogP contribution in [0.25, 0.3) is 0 Å². The fraction of sp³-hybridized carbons (Fsp3) is 0.889. The highest BCUT2D eigenvalue weighted by molar-refractivity contribution is 4.95. The van der Waals surface area contributed by atoms with Crippen LogP contribution in [0.15, 0.2) is 0 Å². The van der Waals surface area contributed by atoms with Crippen LogP contribution in [-0.4, -0.2) is 47.8 Å². The predicted molar refractivity (Wildman–Crippen MR) is 91.0 cm³/mol. The molecule has 6 heteroatoms. The number of aromatic nitrogens is 3. The first-order chi connectivity index (χ1) is 11.9. The van der Waals surface area contributed by atoms with E-state index in [9.17, 15) is 0 Å². The van der Waals surface area contributed by atoms with Gasteiger partial charge in [0.15, 0.2) is 11.6 Å². The lowest BCUT2D eigenvalue weighted by Gasteiger charge is -2.24. The van der Waals surface area contributed by atoms with Crippen LogP contribution in [0, 0.1) is 0 Å². The molecule has 1 saturated carbocycles. The van der Waals surface area contributed by atoms with Gasteiger partial charge in [0.1, 0.15) is 6.61 Å². The first-order valence-electron chi connectivity index (χ1n) is 9.49. The minimum absolute atomic E-state index is 0.248. The fourth-order valence-electron chi connectivity index (χ4n) is 3.64. The summed E-state index contributed by atoms with van der Waals surface area (Å²) < 4.78 is 19.0. The van der Waals surface area contributed by atoms with Gasteiger partial charge in [-0.15, -0.1) is 0 Å². The number of ether oxygens (including phenoxy) is 3. The van der Waals surface area contributed by atoms with E-state index in [1.165, 1.54) is 44.9 Å². The van der Waals surface area contributed by atoms with Crippen molar-refractivity contribution in [3.05, 3.63) is 11.6 Å². The molecular formula is C18H31N3O3. The molecule has 0 amide bonds. The molecule has 1 aromatic rings. The molecule has 0 spiro atoms. The highest BCUT2D eigenvalue weighted by Crippen LogP contribution is 2.28. The van der Waals surface area contributed by atoms with Crippen molar-refractivity contribution >= 4 is 0 Å². The second kappa shape index (κ2) is 9.49. The van der Waals surface area contributed by atoms with Gasteiger partial charge in [0.2, 0.25) is 0 Å². The lowest BCUT2D eigenvalue weighted by Crippen LogP contribution is -2.25. The average Bonchev–Trinajstić information content (AvgIpc) is 3.05. The Morgan fingerprint density at radius 3 is 2.71 bits per heavy atom. The van der Waals surface area contributed by atoms with Crippen LogP contribution in [-0.2, 0) is 27.2 Å². The van der Waals surface area contributed by atoms with E-state index in [0.29, 0.717) is 25.9 Å². The maximum atomic E-state index is 5.93. The lowest BCUT2D eigenvalue weighted by molar-refractivity contribution is -0.0465. The van der Waals surface area contributed by atoms with E-state index in [4.69, 9.17) is 24.3 Å². The van der Waals surface area contributed by atoms with Crippen molar-refractivity contribution in [1.29, 1.82) is 0 Å². The predicted octanol–water partition coefficient (Wildman–Crippen LogP) is 3.06. The van der Waals surface area contributed by atoms with E-state index in [-0.39, 0.29) is 6.10 Å². The third-order valence-electron chi connectivity index (χ3n) is 5.00. The normalized spacial score (nSPS) is 22.8. The SMILES string of the molecule is COCCc1nc(COC[C@H]2CCCCO2)n(C2CCCCC2)n1. The first-order valence-corrected chi connectivity index (χ1v) is 9.49. The maximum Gasteiger partial charge on any atom is 0.153 e. The van der Waals surface area contributed by atoms with Gasteiger partial charge >= 0.3 is 0 Å². The van der Waals surface area contributed by atoms with Gasteiger partial charge in [0, 0.05) is 20.1 Å². The van der Waals surface area contributed by atoms with Gasteiger partial charge in [-0.2, -0.15) is 5.10 Å². The zero-order valence-corrected chi connectivity index (χ0v) is 14.9. The van der Waals surface area contributed by atoms with Crippen molar-refractivity contribution in [3.8, 4) is 0 Å². The minimum Gasteiger partial charge on any atom is -0.384 e. The van der Waals surface area contributed by atoms with Crippen LogP contribution in [0.1, 0.15) is 69.1 Å². The number of nitrogens with zero attached hydrogens (tertiary/aromatic N) is 3. The number of hydrogen-bond acceptors (Lipinski definition) is 5. The third-order valence-corrected chi connectivity index (χ3v) is 5.00. The molecule has 1 aromatic heterocycles. The molecule has 0 aromatic carbocycles. The largest absolute Gasteiger partial charge is 0.384 e. The van der Waals surface area contributed by atoms with Crippen molar-refractivity contribution in [2.24, 2.45) is 0 Å². The van der Waals surface area contributed by atoms with E-state index in [2.05, 4.69) is 4.68 Å². The van der Waals surface area contributed by atoms with E-state index in [0.717, 1.165) is 31.1 Å². The smallest absolute Gasteiger partial charge is 0.153 e. The molecule has 0 unspecified atom stereocenters. The Kier molecular flexibility index (Phi) is 7.05. The highest BCUT2D eigenvalue weighted by atomic mass is 16.5. The van der Waals surface area contributed by atoms with Crippen molar-refractivity contribution < 1.29 is 14.2 Å². The van der Waals surface area contributed by atoms with Crippen LogP contribution in [0.5, 0.6) is 0 Å². The number of methoxy groups -OCH3 is 1. The quantitative estimate of drug-likeness (QED) is 0.730. The second-order valence-electron chi connectivity index (χ2n) is 6.93. The van der Waals surface area contributed by atoms with Gasteiger partial charge in [0.25, 0.3) is 0 Å². The second-order valence-corrected chi connectivity index (χ2v) is 6.93. The van der Waals surface area contributed by atoms with Crippen LogP contribution < -0.4 is 0 Å². The summed E-state index contributed by atoms with van der Waals surface area (Å²) >= 11 is 0. The summed E-state index contributed by atoms with van der Waals surface area (Å²) in [6, 6.07) is 0.479. The number of hydrogen-bond donors (Lipinski definition) is 0. The average molecular weight is 337 g/mol. The topological polar surface area (TPSA) is 58.4 Å². The molecule has 6 nitrogen and oxygen atoms in total. The summed E-state index contributed by atoms with van der Waals surface area (Å²) in [5, 5.41) is 4.75. The maximum absolute atomic E-state index is 5.93. The Balaban J connectivity index is 1.59. The lowest BCUT2D eigenvalue weighted by atomic mass is 9.96. The van der Waals surface area contributed by atoms with Gasteiger partial charge in [-0.3, -0.25) is 0 Å². The first kappa shape index (κ1) is 17.8. The Morgan fingerprint density at radius 1 is 1.12 bits per heavy atom. The molecule has 1 aliphatic heterocycles. The van der Waals surface area contributed by atoms with E-state index < -0.39 is 0 Å². The van der Waals surface area contributed by atoms with Crippen molar-refractivity contribution in [2.75, 3.05) is 26.9 Å². The summed E-state index contributed by atoms with van der Waals surface area (Å²) in [4.78, 5) is 4.71. The monoisotopic (exact) mass is 337 g/mol. The van der Waals surface area contributed by atoms with Gasteiger partial charge in [-0.25, -0.2) is 9.67 Å². The summed E-state index contributed by atoms with van der Waals surface area (Å²) in [6.45, 7) is 2.71. The van der Waals surface area contributed by atoms with Crippen LogP contribution in [0.4, 0.5) is 0 Å². The van der Waals surface area contributed by atoms with Crippen molar-refractivity contribution in [3.63, 3.8) is 0 Å². The zero-order valence-electron chi connectivity index (χ0n) is 14.9. The molecule has 136 valence electrons. The zero-order chi connectivity index (χ0) is 16.6. The Bertz CT molecular complexity index is 480. The number of rotatable bonds is 8. The van der Waals surface area contributed by atoms with Gasteiger partial charge in [-0.1, -0.05) is 19.3 Å². The molecule has 3 rings (SSSR count). The van der Waals surface area contributed by atoms with Crippen LogP contribution >= 0.6 is 0 Å². The van der Waals surface area contributed by atoms with Gasteiger partial charge < -0.3 is 14.2 Å². The van der Waals surface area contributed by atoms with Crippen molar-refractivity contribution in [1.82, 2.24) is 14.8 Å². The Labute approximate surface area is 144 Å². The summed E-state index contributed by atoms with van der Waals surface area (Å²) in [6.07, 6.45) is 10.8. The molecule has 1 aliphatic carbocycles. The summed E-state index contributed by atoms with van der Waals surface area (Å²) in [5.41, 5.74) is 0. The molecule has 1 saturated heterocycles. The van der Waals surface area contributed by atoms with Crippen molar-refractivity contribution in [2.45, 2.75) is 76.5 Å². The molecule has 2 aliphatic rings. The van der Waals surface area contributed by atoms with Crippen LogP contribution in [0.3, 0.4) is 0 Å². The molecule has 24 heavy (non-hydrogen) atoms. The Morgan fingerprint density at radius 2 is 1.96 bits per heavy atom. The summed E-state index contributed by atoms with van der Waals surface area (Å²) in [7, 11) is 1.71. The molecule has 0 N–H and O–H groups in total. The standard InChI is InChI=1S/C18H31N3O3/c1-22-12-10-17-19-18(14-23-13-16-9-5-6-11-24-16)21(20-17)15-7-3-2-4-8-15/h15-16H,2-14H2,1H3/t16-/m1/s1. The molecule has 0 radical (unpaired) electrons. The fourth-order valence-corrected chi connectivity index (χ4v) is 3.64. The third kappa shape index (κ3) is 5.01. The van der Waals surface area contributed by atoms with E-state index in [1.54, 1.807) is 7.11 Å². The molecule has 1 atom stereocenters. The molecular weight excluding hydrogens is 306 g/mol. The van der Waals surface area contributed by atoms with E-state index >= 15 is 0 Å². The summed E-state index contributed by atoms with van der Waals surface area (Å²) in [5.74, 6) is 1.83. The van der Waals surface area contributed by atoms with Gasteiger partial charge in [0.05, 0.1) is 25.4 Å². The molecule has 2 heterocycles. The van der Waals surface area contributed by atoms with E-state index in [1.807, 2.05) is 0 Å². The highest BCUT2D eigenvalue weighted by Gasteiger charge is 2.21. The minimum atomic E-state index is 0.248. The van der Waals surface area contributed by atoms with Crippen LogP contribution in [0.2, 0.25) is 0 Å². The van der Waals surface area contributed by atoms with Gasteiger partial charge in [-0.05, 0) is 32.1 Å². The molecule has 0 bridgehead atoms.